The molecule has 0 spiro atoms. The number of benzene rings is 1. The van der Waals surface area contributed by atoms with Crippen molar-refractivity contribution in [2.75, 3.05) is 0 Å². The number of ether oxygens (including phenoxy) is 1. The maximum atomic E-state index is 10.1. The molecule has 0 radical (unpaired) electrons. The van der Waals surface area contributed by atoms with Crippen LogP contribution >= 0.6 is 0 Å². The standard InChI is InChI=1S/C14H16O3/c1-10(2)17-13-5-3-4-11(8-13)14(15)12-6-7-16-9-12/h3-10,14-15H,1-2H3/t14-/m0/s1. The smallest absolute Gasteiger partial charge is 0.120 e. The number of hydrogen-bond acceptors (Lipinski definition) is 3. The van der Waals surface area contributed by atoms with Crippen LogP contribution in [0.25, 0.3) is 0 Å². The monoisotopic (exact) mass is 232 g/mol. The molecule has 0 aliphatic carbocycles. The fraction of sp³-hybridized carbons (Fsp3) is 0.286. The van der Waals surface area contributed by atoms with Crippen LogP contribution in [-0.4, -0.2) is 11.2 Å². The van der Waals surface area contributed by atoms with Crippen LogP contribution in [-0.2, 0) is 0 Å². The minimum absolute atomic E-state index is 0.122. The topological polar surface area (TPSA) is 42.6 Å². The van der Waals surface area contributed by atoms with E-state index in [1.807, 2.05) is 38.1 Å². The highest BCUT2D eigenvalue weighted by Gasteiger charge is 2.12. The first kappa shape index (κ1) is 11.7. The third-order valence-electron chi connectivity index (χ3n) is 2.40. The first-order valence-electron chi connectivity index (χ1n) is 5.63. The molecule has 1 atom stereocenters. The van der Waals surface area contributed by atoms with Crippen LogP contribution in [0.2, 0.25) is 0 Å². The van der Waals surface area contributed by atoms with Gasteiger partial charge >= 0.3 is 0 Å². The molecule has 1 N–H and O–H groups in total. The second-order valence-corrected chi connectivity index (χ2v) is 4.20. The average molecular weight is 232 g/mol. The third kappa shape index (κ3) is 2.88. The molecule has 2 rings (SSSR count). The predicted molar refractivity (Wildman–Crippen MR) is 65.0 cm³/mol. The zero-order valence-corrected chi connectivity index (χ0v) is 9.96. The van der Waals surface area contributed by atoms with Gasteiger partial charge < -0.3 is 14.3 Å². The van der Waals surface area contributed by atoms with Crippen molar-refractivity contribution in [2.24, 2.45) is 0 Å². The van der Waals surface area contributed by atoms with Gasteiger partial charge in [0, 0.05) is 5.56 Å². The lowest BCUT2D eigenvalue weighted by Crippen LogP contribution is -2.06. The van der Waals surface area contributed by atoms with Gasteiger partial charge in [-0.05, 0) is 37.6 Å². The van der Waals surface area contributed by atoms with E-state index in [1.54, 1.807) is 18.6 Å². The van der Waals surface area contributed by atoms with E-state index in [9.17, 15) is 5.11 Å². The fourth-order valence-electron chi connectivity index (χ4n) is 1.65. The molecule has 0 fully saturated rings. The van der Waals surface area contributed by atoms with Crippen LogP contribution in [0.1, 0.15) is 31.1 Å². The molecule has 0 saturated carbocycles. The van der Waals surface area contributed by atoms with E-state index < -0.39 is 6.10 Å². The van der Waals surface area contributed by atoms with Crippen molar-refractivity contribution < 1.29 is 14.3 Å². The molecular weight excluding hydrogens is 216 g/mol. The Hall–Kier alpha value is -1.74. The van der Waals surface area contributed by atoms with E-state index in [4.69, 9.17) is 9.15 Å². The number of hydrogen-bond donors (Lipinski definition) is 1. The lowest BCUT2D eigenvalue weighted by Gasteiger charge is -2.13. The Morgan fingerprint density at radius 1 is 1.18 bits per heavy atom. The second-order valence-electron chi connectivity index (χ2n) is 4.20. The Bertz CT molecular complexity index is 460. The van der Waals surface area contributed by atoms with E-state index in [-0.39, 0.29) is 6.10 Å². The van der Waals surface area contributed by atoms with Gasteiger partial charge in [-0.2, -0.15) is 0 Å². The molecule has 0 bridgehead atoms. The third-order valence-corrected chi connectivity index (χ3v) is 2.40. The summed E-state index contributed by atoms with van der Waals surface area (Å²) >= 11 is 0. The van der Waals surface area contributed by atoms with Crippen LogP contribution in [0.4, 0.5) is 0 Å². The molecule has 1 aromatic carbocycles. The van der Waals surface area contributed by atoms with E-state index in [2.05, 4.69) is 0 Å². The van der Waals surface area contributed by atoms with E-state index >= 15 is 0 Å². The predicted octanol–water partition coefficient (Wildman–Crippen LogP) is 3.15. The molecule has 0 aliphatic heterocycles. The van der Waals surface area contributed by atoms with Gasteiger partial charge in [0.1, 0.15) is 11.9 Å². The highest BCUT2D eigenvalue weighted by atomic mass is 16.5. The number of rotatable bonds is 4. The fourth-order valence-corrected chi connectivity index (χ4v) is 1.65. The molecule has 1 aromatic heterocycles. The molecule has 0 unspecified atom stereocenters. The summed E-state index contributed by atoms with van der Waals surface area (Å²) in [5, 5.41) is 10.1. The zero-order valence-electron chi connectivity index (χ0n) is 9.96. The maximum Gasteiger partial charge on any atom is 0.120 e. The van der Waals surface area contributed by atoms with E-state index in [0.29, 0.717) is 0 Å². The van der Waals surface area contributed by atoms with Gasteiger partial charge in [0.2, 0.25) is 0 Å². The summed E-state index contributed by atoms with van der Waals surface area (Å²) < 4.78 is 10.5. The van der Waals surface area contributed by atoms with Crippen molar-refractivity contribution in [2.45, 2.75) is 26.1 Å². The Balaban J connectivity index is 2.21. The summed E-state index contributed by atoms with van der Waals surface area (Å²) in [5.74, 6) is 0.764. The first-order chi connectivity index (χ1) is 8.16. The van der Waals surface area contributed by atoms with Gasteiger partial charge in [0.05, 0.1) is 18.6 Å². The molecule has 1 heterocycles. The van der Waals surface area contributed by atoms with Gasteiger partial charge in [-0.25, -0.2) is 0 Å². The van der Waals surface area contributed by atoms with Crippen molar-refractivity contribution in [1.82, 2.24) is 0 Å². The molecule has 3 heteroatoms. The highest BCUT2D eigenvalue weighted by Crippen LogP contribution is 2.25. The van der Waals surface area contributed by atoms with Crippen molar-refractivity contribution >= 4 is 0 Å². The van der Waals surface area contributed by atoms with Gasteiger partial charge in [0.15, 0.2) is 0 Å². The Morgan fingerprint density at radius 2 is 2.00 bits per heavy atom. The molecule has 0 saturated heterocycles. The van der Waals surface area contributed by atoms with E-state index in [1.165, 1.54) is 0 Å². The maximum absolute atomic E-state index is 10.1. The summed E-state index contributed by atoms with van der Waals surface area (Å²) in [6.07, 6.45) is 2.54. The van der Waals surface area contributed by atoms with Crippen molar-refractivity contribution in [3.05, 3.63) is 54.0 Å². The zero-order chi connectivity index (χ0) is 12.3. The van der Waals surface area contributed by atoms with Crippen molar-refractivity contribution in [1.29, 1.82) is 0 Å². The molecule has 3 nitrogen and oxygen atoms in total. The minimum Gasteiger partial charge on any atom is -0.491 e. The normalized spacial score (nSPS) is 12.7. The largest absolute Gasteiger partial charge is 0.491 e. The van der Waals surface area contributed by atoms with Crippen molar-refractivity contribution in [3.8, 4) is 5.75 Å². The number of aliphatic hydroxyl groups is 1. The minimum atomic E-state index is -0.676. The average Bonchev–Trinajstić information content (AvgIpc) is 2.81. The summed E-state index contributed by atoms with van der Waals surface area (Å²) in [6.45, 7) is 3.94. The molecule has 0 aliphatic rings. The van der Waals surface area contributed by atoms with E-state index in [0.717, 1.165) is 16.9 Å². The van der Waals surface area contributed by atoms with Gasteiger partial charge in [-0.3, -0.25) is 0 Å². The van der Waals surface area contributed by atoms with Crippen LogP contribution in [0, 0.1) is 0 Å². The number of furan rings is 1. The number of aliphatic hydroxyl groups excluding tert-OH is 1. The lowest BCUT2D eigenvalue weighted by atomic mass is 10.0. The summed E-state index contributed by atoms with van der Waals surface area (Å²) in [4.78, 5) is 0. The quantitative estimate of drug-likeness (QED) is 0.880. The van der Waals surface area contributed by atoms with Crippen LogP contribution in [0.15, 0.2) is 47.3 Å². The molecule has 90 valence electrons. The summed E-state index contributed by atoms with van der Waals surface area (Å²) in [7, 11) is 0. The Labute approximate surface area is 101 Å². The Kier molecular flexibility index (Phi) is 3.49. The van der Waals surface area contributed by atoms with Gasteiger partial charge in [-0.15, -0.1) is 0 Å². The Morgan fingerprint density at radius 3 is 2.65 bits per heavy atom. The summed E-state index contributed by atoms with van der Waals surface area (Å²) in [6, 6.07) is 9.21. The molecule has 17 heavy (non-hydrogen) atoms. The van der Waals surface area contributed by atoms with Crippen LogP contribution < -0.4 is 4.74 Å². The second kappa shape index (κ2) is 5.06. The molecule has 2 aromatic rings. The van der Waals surface area contributed by atoms with Crippen LogP contribution in [0.5, 0.6) is 5.75 Å². The molecule has 0 amide bonds. The molecular formula is C14H16O3. The van der Waals surface area contributed by atoms with Crippen molar-refractivity contribution in [3.63, 3.8) is 0 Å². The van der Waals surface area contributed by atoms with Crippen LogP contribution in [0.3, 0.4) is 0 Å². The van der Waals surface area contributed by atoms with Gasteiger partial charge in [-0.1, -0.05) is 12.1 Å². The lowest BCUT2D eigenvalue weighted by molar-refractivity contribution is 0.215. The first-order valence-corrected chi connectivity index (χ1v) is 5.63. The summed E-state index contributed by atoms with van der Waals surface area (Å²) in [5.41, 5.74) is 1.54. The highest BCUT2D eigenvalue weighted by molar-refractivity contribution is 5.34. The SMILES string of the molecule is CC(C)Oc1cccc([C@H](O)c2ccoc2)c1. The van der Waals surface area contributed by atoms with Gasteiger partial charge in [0.25, 0.3) is 0 Å².